The average molecular weight is 570 g/mol. The van der Waals surface area contributed by atoms with E-state index in [2.05, 4.69) is 5.32 Å². The van der Waals surface area contributed by atoms with Crippen molar-refractivity contribution in [2.45, 2.75) is 52.2 Å². The minimum Gasteiger partial charge on any atom is -0.350 e. The predicted molar refractivity (Wildman–Crippen MR) is 157 cm³/mol. The van der Waals surface area contributed by atoms with Crippen molar-refractivity contribution in [1.82, 2.24) is 10.2 Å². The molecule has 39 heavy (non-hydrogen) atoms. The fraction of sp³-hybridized carbons (Fsp3) is 0.333. The predicted octanol–water partition coefficient (Wildman–Crippen LogP) is 4.97. The van der Waals surface area contributed by atoms with Gasteiger partial charge in [-0.2, -0.15) is 0 Å². The number of nitrogens with one attached hydrogen (secondary N) is 1. The van der Waals surface area contributed by atoms with Crippen LogP contribution in [0.3, 0.4) is 0 Å². The molecule has 0 unspecified atom stereocenters. The third kappa shape index (κ3) is 8.83. The lowest BCUT2D eigenvalue weighted by atomic mass is 10.0. The maximum Gasteiger partial charge on any atom is 0.244 e. The van der Waals surface area contributed by atoms with Gasteiger partial charge in [-0.3, -0.25) is 13.9 Å². The Labute approximate surface area is 236 Å². The summed E-state index contributed by atoms with van der Waals surface area (Å²) >= 11 is 6.33. The highest BCUT2D eigenvalue weighted by atomic mass is 35.5. The third-order valence-electron chi connectivity index (χ3n) is 6.04. The van der Waals surface area contributed by atoms with E-state index >= 15 is 0 Å². The molecule has 1 atom stereocenters. The van der Waals surface area contributed by atoms with Crippen LogP contribution in [0.2, 0.25) is 5.02 Å². The van der Waals surface area contributed by atoms with Gasteiger partial charge in [-0.05, 0) is 51.0 Å². The molecule has 0 aliphatic rings. The van der Waals surface area contributed by atoms with Crippen molar-refractivity contribution in [3.8, 4) is 0 Å². The molecule has 0 fully saturated rings. The summed E-state index contributed by atoms with van der Waals surface area (Å²) < 4.78 is 26.7. The number of hydrogen-bond acceptors (Lipinski definition) is 4. The van der Waals surface area contributed by atoms with Gasteiger partial charge in [-0.25, -0.2) is 8.42 Å². The molecule has 1 N–H and O–H groups in total. The number of aryl methyl sites for hydroxylation is 1. The SMILES string of the molecule is Cc1ccc(CN(C(=O)CN(c2ccccc2Cl)S(C)(=O)=O)[C@H](Cc2ccccc2)C(=O)NC(C)(C)C)cc1. The summed E-state index contributed by atoms with van der Waals surface area (Å²) in [5.41, 5.74) is 2.41. The smallest absolute Gasteiger partial charge is 0.244 e. The second-order valence-electron chi connectivity index (χ2n) is 10.7. The number of benzene rings is 3. The second-order valence-corrected chi connectivity index (χ2v) is 13.0. The molecule has 3 aromatic rings. The minimum atomic E-state index is -3.88. The number of para-hydroxylation sites is 1. The van der Waals surface area contributed by atoms with Crippen molar-refractivity contribution in [1.29, 1.82) is 0 Å². The summed E-state index contributed by atoms with van der Waals surface area (Å²) in [7, 11) is -3.88. The van der Waals surface area contributed by atoms with Crippen LogP contribution in [0.5, 0.6) is 0 Å². The average Bonchev–Trinajstić information content (AvgIpc) is 2.85. The largest absolute Gasteiger partial charge is 0.350 e. The normalized spacial score (nSPS) is 12.5. The number of halogens is 1. The quantitative estimate of drug-likeness (QED) is 0.373. The molecule has 0 aromatic heterocycles. The number of carbonyl (C=O) groups excluding carboxylic acids is 2. The number of carbonyl (C=O) groups is 2. The van der Waals surface area contributed by atoms with Crippen molar-refractivity contribution in [2.75, 3.05) is 17.1 Å². The maximum absolute atomic E-state index is 14.1. The number of anilines is 1. The Balaban J connectivity index is 2.08. The highest BCUT2D eigenvalue weighted by Crippen LogP contribution is 2.28. The minimum absolute atomic E-state index is 0.119. The van der Waals surface area contributed by atoms with Crippen molar-refractivity contribution in [2.24, 2.45) is 0 Å². The molecule has 0 aliphatic heterocycles. The van der Waals surface area contributed by atoms with E-state index < -0.39 is 34.1 Å². The molecule has 0 saturated carbocycles. The molecule has 3 rings (SSSR count). The summed E-state index contributed by atoms with van der Waals surface area (Å²) in [6.45, 7) is 7.20. The Hall–Kier alpha value is -3.36. The number of nitrogens with zero attached hydrogens (tertiary/aromatic N) is 2. The lowest BCUT2D eigenvalue weighted by Gasteiger charge is -2.35. The topological polar surface area (TPSA) is 86.8 Å². The molecular formula is C30H36ClN3O4S. The van der Waals surface area contributed by atoms with E-state index in [1.54, 1.807) is 24.3 Å². The van der Waals surface area contributed by atoms with Crippen LogP contribution in [0.25, 0.3) is 0 Å². The third-order valence-corrected chi connectivity index (χ3v) is 7.49. The molecule has 0 bridgehead atoms. The van der Waals surface area contributed by atoms with E-state index in [4.69, 9.17) is 11.6 Å². The first kappa shape index (κ1) is 30.2. The second kappa shape index (κ2) is 12.7. The molecule has 0 spiro atoms. The highest BCUT2D eigenvalue weighted by molar-refractivity contribution is 7.92. The van der Waals surface area contributed by atoms with E-state index in [1.807, 2.05) is 82.3 Å². The molecular weight excluding hydrogens is 534 g/mol. The first-order valence-corrected chi connectivity index (χ1v) is 14.9. The fourth-order valence-corrected chi connectivity index (χ4v) is 5.30. The van der Waals surface area contributed by atoms with Crippen LogP contribution in [0.4, 0.5) is 5.69 Å². The number of rotatable bonds is 10. The van der Waals surface area contributed by atoms with Crippen LogP contribution in [0, 0.1) is 6.92 Å². The van der Waals surface area contributed by atoms with Crippen LogP contribution in [0.1, 0.15) is 37.5 Å². The Morgan fingerprint density at radius 3 is 2.05 bits per heavy atom. The van der Waals surface area contributed by atoms with Crippen LogP contribution in [-0.4, -0.2) is 49.5 Å². The Morgan fingerprint density at radius 1 is 0.897 bits per heavy atom. The first-order chi connectivity index (χ1) is 18.2. The molecule has 0 aliphatic carbocycles. The summed E-state index contributed by atoms with van der Waals surface area (Å²) in [6, 6.07) is 22.7. The molecule has 0 saturated heterocycles. The van der Waals surface area contributed by atoms with Crippen LogP contribution in [0.15, 0.2) is 78.9 Å². The van der Waals surface area contributed by atoms with E-state index in [0.717, 1.165) is 27.3 Å². The molecule has 3 aromatic carbocycles. The van der Waals surface area contributed by atoms with Crippen LogP contribution >= 0.6 is 11.6 Å². The standard InChI is InChI=1S/C30H36ClN3O4S/c1-22-15-17-24(18-16-22)20-33(27(29(36)32-30(2,3)4)19-23-11-7-6-8-12-23)28(35)21-34(39(5,37)38)26-14-10-9-13-25(26)31/h6-18,27H,19-21H2,1-5H3,(H,32,36)/t27-/m1/s1. The van der Waals surface area contributed by atoms with Gasteiger partial charge in [0.1, 0.15) is 12.6 Å². The van der Waals surface area contributed by atoms with Gasteiger partial charge in [0.15, 0.2) is 0 Å². The molecule has 9 heteroatoms. The molecule has 0 heterocycles. The Bertz CT molecular complexity index is 1390. The Kier molecular flexibility index (Phi) is 9.80. The van der Waals surface area contributed by atoms with Gasteiger partial charge in [-0.15, -0.1) is 0 Å². The maximum atomic E-state index is 14.1. The first-order valence-electron chi connectivity index (χ1n) is 12.7. The van der Waals surface area contributed by atoms with Gasteiger partial charge in [0.05, 0.1) is 17.0 Å². The molecule has 0 radical (unpaired) electrons. The van der Waals surface area contributed by atoms with Gasteiger partial charge in [0.2, 0.25) is 21.8 Å². The van der Waals surface area contributed by atoms with Gasteiger partial charge < -0.3 is 10.2 Å². The van der Waals surface area contributed by atoms with Crippen molar-refractivity contribution >= 4 is 39.1 Å². The molecule has 208 valence electrons. The van der Waals surface area contributed by atoms with Crippen LogP contribution < -0.4 is 9.62 Å². The van der Waals surface area contributed by atoms with Gasteiger partial charge in [-0.1, -0.05) is 83.9 Å². The van der Waals surface area contributed by atoms with E-state index in [-0.39, 0.29) is 29.6 Å². The summed E-state index contributed by atoms with van der Waals surface area (Å²) in [5, 5.41) is 3.21. The lowest BCUT2D eigenvalue weighted by Crippen LogP contribution is -2.56. The highest BCUT2D eigenvalue weighted by Gasteiger charge is 2.34. The van der Waals surface area contributed by atoms with Crippen molar-refractivity contribution < 1.29 is 18.0 Å². The zero-order valence-corrected chi connectivity index (χ0v) is 24.6. The number of hydrogen-bond donors (Lipinski definition) is 1. The number of sulfonamides is 1. The molecule has 2 amide bonds. The van der Waals surface area contributed by atoms with Gasteiger partial charge in [0, 0.05) is 18.5 Å². The van der Waals surface area contributed by atoms with E-state index in [1.165, 1.54) is 4.90 Å². The summed E-state index contributed by atoms with van der Waals surface area (Å²) in [5.74, 6) is -0.846. The zero-order valence-electron chi connectivity index (χ0n) is 23.0. The number of amides is 2. The van der Waals surface area contributed by atoms with E-state index in [0.29, 0.717) is 0 Å². The Morgan fingerprint density at radius 2 is 1.49 bits per heavy atom. The lowest BCUT2D eigenvalue weighted by molar-refractivity contribution is -0.140. The monoisotopic (exact) mass is 569 g/mol. The summed E-state index contributed by atoms with van der Waals surface area (Å²) in [4.78, 5) is 29.2. The van der Waals surface area contributed by atoms with Gasteiger partial charge in [0.25, 0.3) is 0 Å². The zero-order chi connectivity index (χ0) is 28.8. The van der Waals surface area contributed by atoms with Crippen molar-refractivity contribution in [3.63, 3.8) is 0 Å². The molecule has 7 nitrogen and oxygen atoms in total. The van der Waals surface area contributed by atoms with Crippen molar-refractivity contribution in [3.05, 3.63) is 101 Å². The van der Waals surface area contributed by atoms with E-state index in [9.17, 15) is 18.0 Å². The van der Waals surface area contributed by atoms with Gasteiger partial charge >= 0.3 is 0 Å². The fourth-order valence-electron chi connectivity index (χ4n) is 4.15. The summed E-state index contributed by atoms with van der Waals surface area (Å²) in [6.07, 6.45) is 1.28. The van der Waals surface area contributed by atoms with Crippen LogP contribution in [-0.2, 0) is 32.6 Å².